The van der Waals surface area contributed by atoms with Crippen LogP contribution in [0.15, 0.2) is 30.3 Å². The van der Waals surface area contributed by atoms with Gasteiger partial charge < -0.3 is 31.0 Å². The summed E-state index contributed by atoms with van der Waals surface area (Å²) in [5.74, 6) is -0.858. The number of carbonyl (C=O) groups is 3. The Kier molecular flexibility index (Phi) is 9.56. The van der Waals surface area contributed by atoms with Crippen molar-refractivity contribution in [2.75, 3.05) is 32.0 Å². The molecule has 1 aliphatic rings. The molecule has 11 nitrogen and oxygen atoms in total. The number of aromatic nitrogens is 1. The maximum atomic E-state index is 14.5. The Bertz CT molecular complexity index is 1440. The molecular formula is C30H37N5O6S. The van der Waals surface area contributed by atoms with Gasteiger partial charge in [0.15, 0.2) is 17.2 Å². The largest absolute Gasteiger partial charge is 0.493 e. The molecule has 3 amide bonds. The van der Waals surface area contributed by atoms with Crippen LogP contribution in [0.5, 0.6) is 17.2 Å². The number of nitrogens with one attached hydrogen (secondary N) is 1. The van der Waals surface area contributed by atoms with Crippen molar-refractivity contribution < 1.29 is 28.6 Å². The zero-order valence-corrected chi connectivity index (χ0v) is 25.3. The predicted octanol–water partition coefficient (Wildman–Crippen LogP) is 4.30. The SMILES string of the molecule is COc1cc([C@@H](C(=O)NC2CCCCC2)N(C(=O)c2snc(C(N)=O)c2N)c2cc(C)cc(C)c2)cc(OC)c1OC. The van der Waals surface area contributed by atoms with E-state index in [4.69, 9.17) is 25.7 Å². The number of ether oxygens (including phenoxy) is 3. The highest BCUT2D eigenvalue weighted by molar-refractivity contribution is 7.09. The lowest BCUT2D eigenvalue weighted by atomic mass is 9.94. The molecule has 0 aliphatic heterocycles. The van der Waals surface area contributed by atoms with Crippen molar-refractivity contribution in [2.24, 2.45) is 5.73 Å². The summed E-state index contributed by atoms with van der Waals surface area (Å²) < 4.78 is 20.7. The number of hydrogen-bond donors (Lipinski definition) is 3. The van der Waals surface area contributed by atoms with Gasteiger partial charge in [0.05, 0.1) is 27.0 Å². The van der Waals surface area contributed by atoms with Crippen LogP contribution in [0.25, 0.3) is 0 Å². The summed E-state index contributed by atoms with van der Waals surface area (Å²) in [5.41, 5.74) is 14.0. The van der Waals surface area contributed by atoms with E-state index < -0.39 is 17.9 Å². The molecule has 2 aromatic carbocycles. The smallest absolute Gasteiger partial charge is 0.273 e. The minimum Gasteiger partial charge on any atom is -0.493 e. The highest BCUT2D eigenvalue weighted by Gasteiger charge is 2.38. The van der Waals surface area contributed by atoms with E-state index in [9.17, 15) is 14.4 Å². The molecule has 1 atom stereocenters. The molecule has 0 saturated heterocycles. The van der Waals surface area contributed by atoms with Crippen LogP contribution in [0, 0.1) is 13.8 Å². The number of nitrogens with two attached hydrogens (primary N) is 2. The highest BCUT2D eigenvalue weighted by Crippen LogP contribution is 2.42. The Balaban J connectivity index is 1.97. The standard InChI is InChI=1S/C30H37N5O6S/c1-16-11-17(2)13-20(12-16)35(30(38)27-23(31)24(28(32)36)34-42-27)25(29(37)33-19-9-7-6-8-10-19)18-14-21(39-3)26(41-5)22(15-18)40-4/h11-15,19,25H,6-10,31H2,1-5H3,(H2,32,36)(H,33,37)/t25-/m0/s1. The van der Waals surface area contributed by atoms with Gasteiger partial charge in [0, 0.05) is 11.7 Å². The minimum absolute atomic E-state index is 0.00846. The third-order valence-electron chi connectivity index (χ3n) is 7.32. The molecule has 4 rings (SSSR count). The monoisotopic (exact) mass is 595 g/mol. The van der Waals surface area contributed by atoms with E-state index in [2.05, 4.69) is 9.69 Å². The number of rotatable bonds is 10. The van der Waals surface area contributed by atoms with Gasteiger partial charge in [-0.2, -0.15) is 4.37 Å². The van der Waals surface area contributed by atoms with Crippen molar-refractivity contribution >= 4 is 40.6 Å². The first-order chi connectivity index (χ1) is 20.1. The maximum Gasteiger partial charge on any atom is 0.273 e. The maximum absolute atomic E-state index is 14.5. The van der Waals surface area contributed by atoms with E-state index in [0.717, 1.165) is 54.8 Å². The topological polar surface area (TPSA) is 159 Å². The van der Waals surface area contributed by atoms with Gasteiger partial charge in [-0.25, -0.2) is 0 Å². The third-order valence-corrected chi connectivity index (χ3v) is 8.17. The van der Waals surface area contributed by atoms with Crippen LogP contribution in [0.1, 0.15) is 75.0 Å². The average molecular weight is 596 g/mol. The van der Waals surface area contributed by atoms with Gasteiger partial charge in [0.25, 0.3) is 11.8 Å². The molecule has 12 heteroatoms. The van der Waals surface area contributed by atoms with Crippen molar-refractivity contribution in [3.05, 3.63) is 57.6 Å². The number of methoxy groups -OCH3 is 3. The third kappa shape index (κ3) is 6.28. The molecule has 1 saturated carbocycles. The van der Waals surface area contributed by atoms with Gasteiger partial charge in [-0.15, -0.1) is 0 Å². The number of nitrogen functional groups attached to an aromatic ring is 1. The Morgan fingerprint density at radius 3 is 2.05 bits per heavy atom. The molecule has 5 N–H and O–H groups in total. The summed E-state index contributed by atoms with van der Waals surface area (Å²) >= 11 is 0.757. The van der Waals surface area contributed by atoms with Crippen LogP contribution >= 0.6 is 11.5 Å². The van der Waals surface area contributed by atoms with Crippen molar-refractivity contribution in [3.8, 4) is 17.2 Å². The molecule has 3 aromatic rings. The molecule has 1 aromatic heterocycles. The van der Waals surface area contributed by atoms with Crippen molar-refractivity contribution in [1.29, 1.82) is 0 Å². The minimum atomic E-state index is -1.19. The second-order valence-corrected chi connectivity index (χ2v) is 11.1. The number of benzene rings is 2. The number of nitrogens with zero attached hydrogens (tertiary/aromatic N) is 2. The Hall–Kier alpha value is -4.32. The van der Waals surface area contributed by atoms with Gasteiger partial charge in [-0.3, -0.25) is 19.3 Å². The van der Waals surface area contributed by atoms with Gasteiger partial charge in [-0.1, -0.05) is 25.3 Å². The average Bonchev–Trinajstić information content (AvgIpc) is 3.36. The van der Waals surface area contributed by atoms with E-state index in [1.807, 2.05) is 32.0 Å². The molecule has 0 radical (unpaired) electrons. The molecule has 0 spiro atoms. The molecule has 1 fully saturated rings. The Labute approximate surface area is 249 Å². The van der Waals surface area contributed by atoms with Crippen molar-refractivity contribution in [2.45, 2.75) is 58.0 Å². The summed E-state index contributed by atoms with van der Waals surface area (Å²) in [5, 5.41) is 3.18. The van der Waals surface area contributed by atoms with Gasteiger partial charge in [-0.05, 0) is 79.2 Å². The van der Waals surface area contributed by atoms with Crippen LogP contribution in [0.4, 0.5) is 11.4 Å². The molecule has 1 aliphatic carbocycles. The van der Waals surface area contributed by atoms with Crippen LogP contribution in [0.2, 0.25) is 0 Å². The predicted molar refractivity (Wildman–Crippen MR) is 162 cm³/mol. The van der Waals surface area contributed by atoms with E-state index in [1.54, 1.807) is 12.1 Å². The summed E-state index contributed by atoms with van der Waals surface area (Å²) in [7, 11) is 4.45. The first kappa shape index (κ1) is 30.6. The number of hydrogen-bond acceptors (Lipinski definition) is 9. The van der Waals surface area contributed by atoms with Gasteiger partial charge in [0.2, 0.25) is 11.7 Å². The first-order valence-corrected chi connectivity index (χ1v) is 14.4. The quantitative estimate of drug-likeness (QED) is 0.313. The zero-order valence-electron chi connectivity index (χ0n) is 24.5. The molecule has 0 unspecified atom stereocenters. The lowest BCUT2D eigenvalue weighted by molar-refractivity contribution is -0.123. The number of amides is 3. The molecule has 1 heterocycles. The fraction of sp³-hybridized carbons (Fsp3) is 0.400. The van der Waals surface area contributed by atoms with Crippen molar-refractivity contribution in [3.63, 3.8) is 0 Å². The number of primary amides is 1. The molecular weight excluding hydrogens is 558 g/mol. The molecule has 42 heavy (non-hydrogen) atoms. The first-order valence-electron chi connectivity index (χ1n) is 13.7. The van der Waals surface area contributed by atoms with Crippen molar-refractivity contribution in [1.82, 2.24) is 9.69 Å². The normalized spacial score (nSPS) is 14.1. The van der Waals surface area contributed by atoms with E-state index >= 15 is 0 Å². The second-order valence-electron chi connectivity index (χ2n) is 10.4. The summed E-state index contributed by atoms with van der Waals surface area (Å²) in [6, 6.07) is 7.68. The Morgan fingerprint density at radius 2 is 1.55 bits per heavy atom. The fourth-order valence-corrected chi connectivity index (χ4v) is 6.16. The summed E-state index contributed by atoms with van der Waals surface area (Å²) in [6.07, 6.45) is 4.81. The van der Waals surface area contributed by atoms with Crippen LogP contribution in [-0.4, -0.2) is 49.5 Å². The van der Waals surface area contributed by atoms with Crippen LogP contribution < -0.4 is 35.9 Å². The van der Waals surface area contributed by atoms with E-state index in [0.29, 0.717) is 28.5 Å². The summed E-state index contributed by atoms with van der Waals surface area (Å²) in [6.45, 7) is 3.81. The molecule has 224 valence electrons. The van der Waals surface area contributed by atoms with Gasteiger partial charge >= 0.3 is 0 Å². The zero-order chi connectivity index (χ0) is 30.6. The Morgan fingerprint density at radius 1 is 0.952 bits per heavy atom. The fourth-order valence-electron chi connectivity index (χ4n) is 5.42. The number of anilines is 2. The van der Waals surface area contributed by atoms with E-state index in [-0.39, 0.29) is 28.2 Å². The van der Waals surface area contributed by atoms with Gasteiger partial charge in [0.1, 0.15) is 10.9 Å². The van der Waals surface area contributed by atoms with Crippen LogP contribution in [-0.2, 0) is 4.79 Å². The lowest BCUT2D eigenvalue weighted by Crippen LogP contribution is -2.47. The second kappa shape index (κ2) is 13.1. The van der Waals surface area contributed by atoms with Crippen LogP contribution in [0.3, 0.4) is 0 Å². The van der Waals surface area contributed by atoms with E-state index in [1.165, 1.54) is 26.2 Å². The molecule has 0 bridgehead atoms. The highest BCUT2D eigenvalue weighted by atomic mass is 32.1. The lowest BCUT2D eigenvalue weighted by Gasteiger charge is -2.34. The number of aryl methyl sites for hydroxylation is 2. The number of carbonyl (C=O) groups excluding carboxylic acids is 3. The summed E-state index contributed by atoms with van der Waals surface area (Å²) in [4.78, 5) is 42.1.